The van der Waals surface area contributed by atoms with Gasteiger partial charge in [0.15, 0.2) is 0 Å². The van der Waals surface area contributed by atoms with Gasteiger partial charge in [-0.1, -0.05) is 19.1 Å². The Morgan fingerprint density at radius 1 is 1.17 bits per heavy atom. The van der Waals surface area contributed by atoms with Crippen LogP contribution < -0.4 is 16.0 Å². The van der Waals surface area contributed by atoms with E-state index in [1.54, 1.807) is 13.1 Å². The van der Waals surface area contributed by atoms with Gasteiger partial charge in [0.2, 0.25) is 11.8 Å². The SMILES string of the molecule is CC[C@@H](C)NC(=O)NC(=O)CN(C)CC(=O)Nc1ccccc1Br. The fourth-order valence-electron chi connectivity index (χ4n) is 1.83. The summed E-state index contributed by atoms with van der Waals surface area (Å²) in [6.45, 7) is 3.76. The van der Waals surface area contributed by atoms with Crippen LogP contribution in [0.2, 0.25) is 0 Å². The van der Waals surface area contributed by atoms with E-state index in [-0.39, 0.29) is 25.0 Å². The summed E-state index contributed by atoms with van der Waals surface area (Å²) in [5, 5.41) is 7.63. The third-order valence-electron chi connectivity index (χ3n) is 3.22. The summed E-state index contributed by atoms with van der Waals surface area (Å²) in [4.78, 5) is 36.8. The smallest absolute Gasteiger partial charge is 0.321 e. The van der Waals surface area contributed by atoms with Gasteiger partial charge >= 0.3 is 6.03 Å². The first-order chi connectivity index (χ1) is 11.3. The van der Waals surface area contributed by atoms with Crippen LogP contribution in [0.5, 0.6) is 0 Å². The molecule has 24 heavy (non-hydrogen) atoms. The van der Waals surface area contributed by atoms with Crippen LogP contribution in [0.25, 0.3) is 0 Å². The van der Waals surface area contributed by atoms with E-state index >= 15 is 0 Å². The highest BCUT2D eigenvalue weighted by molar-refractivity contribution is 9.10. The van der Waals surface area contributed by atoms with Crippen molar-refractivity contribution in [1.82, 2.24) is 15.5 Å². The van der Waals surface area contributed by atoms with Crippen molar-refractivity contribution in [2.45, 2.75) is 26.3 Å². The maximum absolute atomic E-state index is 12.0. The van der Waals surface area contributed by atoms with E-state index in [4.69, 9.17) is 0 Å². The summed E-state index contributed by atoms with van der Waals surface area (Å²) >= 11 is 3.35. The maximum Gasteiger partial charge on any atom is 0.321 e. The number of anilines is 1. The lowest BCUT2D eigenvalue weighted by Gasteiger charge is -2.17. The van der Waals surface area contributed by atoms with Crippen LogP contribution in [-0.4, -0.2) is 48.9 Å². The van der Waals surface area contributed by atoms with Crippen LogP contribution in [0.4, 0.5) is 10.5 Å². The first-order valence-electron chi connectivity index (χ1n) is 7.65. The number of urea groups is 1. The Morgan fingerprint density at radius 3 is 2.42 bits per heavy atom. The molecule has 0 aromatic heterocycles. The number of carbonyl (C=O) groups excluding carboxylic acids is 3. The second-order valence-electron chi connectivity index (χ2n) is 5.53. The zero-order valence-electron chi connectivity index (χ0n) is 14.1. The van der Waals surface area contributed by atoms with E-state index in [2.05, 4.69) is 31.9 Å². The Labute approximate surface area is 150 Å². The molecule has 132 valence electrons. The predicted octanol–water partition coefficient (Wildman–Crippen LogP) is 1.94. The zero-order chi connectivity index (χ0) is 18.1. The minimum absolute atomic E-state index is 0.00868. The molecule has 0 aliphatic heterocycles. The molecule has 3 N–H and O–H groups in total. The lowest BCUT2D eigenvalue weighted by atomic mass is 10.3. The number of nitrogens with zero attached hydrogens (tertiary/aromatic N) is 1. The van der Waals surface area contributed by atoms with Crippen molar-refractivity contribution >= 4 is 39.5 Å². The maximum atomic E-state index is 12.0. The fraction of sp³-hybridized carbons (Fsp3) is 0.438. The van der Waals surface area contributed by atoms with Gasteiger partial charge in [0.25, 0.3) is 0 Å². The number of imide groups is 1. The van der Waals surface area contributed by atoms with Gasteiger partial charge in [0, 0.05) is 10.5 Å². The highest BCUT2D eigenvalue weighted by Crippen LogP contribution is 2.20. The summed E-state index contributed by atoms with van der Waals surface area (Å²) in [7, 11) is 1.63. The van der Waals surface area contributed by atoms with Gasteiger partial charge in [-0.3, -0.25) is 19.8 Å². The topological polar surface area (TPSA) is 90.5 Å². The third-order valence-corrected chi connectivity index (χ3v) is 3.91. The van der Waals surface area contributed by atoms with Crippen LogP contribution in [0, 0.1) is 0 Å². The van der Waals surface area contributed by atoms with Crippen molar-refractivity contribution in [2.24, 2.45) is 0 Å². The Morgan fingerprint density at radius 2 is 1.79 bits per heavy atom. The van der Waals surface area contributed by atoms with Gasteiger partial charge in [0.05, 0.1) is 18.8 Å². The van der Waals surface area contributed by atoms with Crippen molar-refractivity contribution in [3.63, 3.8) is 0 Å². The standard InChI is InChI=1S/C16H23BrN4O3/c1-4-11(2)18-16(24)20-15(23)10-21(3)9-14(22)19-13-8-6-5-7-12(13)17/h5-8,11H,4,9-10H2,1-3H3,(H,19,22)(H2,18,20,23,24)/t11-/m1/s1. The zero-order valence-corrected chi connectivity index (χ0v) is 15.6. The molecule has 4 amide bonds. The van der Waals surface area contributed by atoms with Crippen LogP contribution in [0.1, 0.15) is 20.3 Å². The van der Waals surface area contributed by atoms with Crippen molar-refractivity contribution in [1.29, 1.82) is 0 Å². The molecule has 0 spiro atoms. The largest absolute Gasteiger partial charge is 0.335 e. The molecule has 0 aliphatic rings. The number of carbonyl (C=O) groups is 3. The number of nitrogens with one attached hydrogen (secondary N) is 3. The molecule has 1 atom stereocenters. The van der Waals surface area contributed by atoms with Gasteiger partial charge in [-0.2, -0.15) is 0 Å². The van der Waals surface area contributed by atoms with Crippen LogP contribution in [-0.2, 0) is 9.59 Å². The van der Waals surface area contributed by atoms with Gasteiger partial charge < -0.3 is 10.6 Å². The van der Waals surface area contributed by atoms with Crippen molar-refractivity contribution in [2.75, 3.05) is 25.5 Å². The molecular weight excluding hydrogens is 376 g/mol. The van der Waals surface area contributed by atoms with E-state index in [1.165, 1.54) is 4.90 Å². The van der Waals surface area contributed by atoms with Gasteiger partial charge in [0.1, 0.15) is 0 Å². The Bertz CT molecular complexity index is 594. The second kappa shape index (κ2) is 10.0. The Hall–Kier alpha value is -1.93. The van der Waals surface area contributed by atoms with E-state index < -0.39 is 11.9 Å². The van der Waals surface area contributed by atoms with Crippen LogP contribution >= 0.6 is 15.9 Å². The Balaban J connectivity index is 2.38. The molecule has 1 aromatic rings. The minimum atomic E-state index is -0.527. The average molecular weight is 399 g/mol. The molecule has 0 bridgehead atoms. The first-order valence-corrected chi connectivity index (χ1v) is 8.44. The van der Waals surface area contributed by atoms with Gasteiger partial charge in [-0.25, -0.2) is 4.79 Å². The number of hydrogen-bond acceptors (Lipinski definition) is 4. The van der Waals surface area contributed by atoms with Gasteiger partial charge in [-0.15, -0.1) is 0 Å². The molecule has 0 heterocycles. The van der Waals surface area contributed by atoms with Crippen LogP contribution in [0.15, 0.2) is 28.7 Å². The number of halogens is 1. The third kappa shape index (κ3) is 7.56. The van der Waals surface area contributed by atoms with E-state index in [9.17, 15) is 14.4 Å². The quantitative estimate of drug-likeness (QED) is 0.654. The summed E-state index contributed by atoms with van der Waals surface area (Å²) in [5.41, 5.74) is 0.660. The monoisotopic (exact) mass is 398 g/mol. The second-order valence-corrected chi connectivity index (χ2v) is 6.39. The number of hydrogen-bond donors (Lipinski definition) is 3. The lowest BCUT2D eigenvalue weighted by Crippen LogP contribution is -2.47. The number of benzene rings is 1. The molecule has 0 radical (unpaired) electrons. The number of likely N-dealkylation sites (N-methyl/N-ethyl adjacent to an activating group) is 1. The van der Waals surface area contributed by atoms with E-state index in [0.29, 0.717) is 5.69 Å². The van der Waals surface area contributed by atoms with E-state index in [1.807, 2.05) is 32.0 Å². The fourth-order valence-corrected chi connectivity index (χ4v) is 2.21. The summed E-state index contributed by atoms with van der Waals surface area (Å²) in [6, 6.07) is 6.72. The highest BCUT2D eigenvalue weighted by Gasteiger charge is 2.14. The molecule has 0 fully saturated rings. The van der Waals surface area contributed by atoms with E-state index in [0.717, 1.165) is 10.9 Å². The average Bonchev–Trinajstić information content (AvgIpc) is 2.48. The molecule has 0 aliphatic carbocycles. The van der Waals surface area contributed by atoms with Crippen molar-refractivity contribution in [3.8, 4) is 0 Å². The normalized spacial score (nSPS) is 11.7. The summed E-state index contributed by atoms with van der Waals surface area (Å²) in [5.74, 6) is -0.715. The number of amides is 4. The summed E-state index contributed by atoms with van der Waals surface area (Å²) < 4.78 is 0.778. The molecule has 1 rings (SSSR count). The molecule has 0 saturated carbocycles. The molecule has 7 nitrogen and oxygen atoms in total. The number of rotatable bonds is 7. The molecule has 8 heteroatoms. The van der Waals surface area contributed by atoms with Crippen LogP contribution in [0.3, 0.4) is 0 Å². The van der Waals surface area contributed by atoms with Gasteiger partial charge in [-0.05, 0) is 48.5 Å². The lowest BCUT2D eigenvalue weighted by molar-refractivity contribution is -0.122. The molecule has 0 saturated heterocycles. The summed E-state index contributed by atoms with van der Waals surface area (Å²) in [6.07, 6.45) is 0.775. The minimum Gasteiger partial charge on any atom is -0.335 e. The molecular formula is C16H23BrN4O3. The number of para-hydroxylation sites is 1. The van der Waals surface area contributed by atoms with Crippen molar-refractivity contribution in [3.05, 3.63) is 28.7 Å². The predicted molar refractivity (Wildman–Crippen MR) is 96.7 cm³/mol. The molecule has 0 unspecified atom stereocenters. The Kier molecular flexibility index (Phi) is 8.42. The first kappa shape index (κ1) is 20.1. The highest BCUT2D eigenvalue weighted by atomic mass is 79.9. The van der Waals surface area contributed by atoms with Crippen molar-refractivity contribution < 1.29 is 14.4 Å². The molecule has 1 aromatic carbocycles.